The molecule has 0 unspecified atom stereocenters. The zero-order valence-electron chi connectivity index (χ0n) is 17.1. The number of amides is 2. The number of rotatable bonds is 6. The highest BCUT2D eigenvalue weighted by molar-refractivity contribution is 6.09. The molecule has 30 heavy (non-hydrogen) atoms. The zero-order chi connectivity index (χ0) is 21.3. The van der Waals surface area contributed by atoms with Gasteiger partial charge >= 0.3 is 0 Å². The minimum absolute atomic E-state index is 0.181. The molecule has 0 saturated heterocycles. The van der Waals surface area contributed by atoms with E-state index < -0.39 is 0 Å². The molecule has 0 saturated carbocycles. The van der Waals surface area contributed by atoms with E-state index in [4.69, 9.17) is 0 Å². The number of carbonyl (C=O) groups is 2. The largest absolute Gasteiger partial charge is 0.361 e. The molecule has 3 N–H and O–H groups in total. The Morgan fingerprint density at radius 2 is 1.77 bits per heavy atom. The van der Waals surface area contributed by atoms with Crippen LogP contribution in [0.3, 0.4) is 0 Å². The highest BCUT2D eigenvalue weighted by Gasteiger charge is 2.20. The van der Waals surface area contributed by atoms with Crippen LogP contribution in [-0.4, -0.2) is 36.4 Å². The molecular formula is C21H23N7O2. The summed E-state index contributed by atoms with van der Waals surface area (Å²) in [5.74, 6) is -0.544. The van der Waals surface area contributed by atoms with Crippen molar-refractivity contribution in [3.05, 3.63) is 59.8 Å². The zero-order valence-corrected chi connectivity index (χ0v) is 17.1. The maximum Gasteiger partial charge on any atom is 0.276 e. The molecule has 0 aliphatic heterocycles. The van der Waals surface area contributed by atoms with Gasteiger partial charge in [-0.25, -0.2) is 0 Å². The lowest BCUT2D eigenvalue weighted by atomic mass is 10.1. The Balaban J connectivity index is 1.44. The first-order chi connectivity index (χ1) is 14.4. The number of aromatic nitrogens is 5. The molecule has 154 valence electrons. The van der Waals surface area contributed by atoms with Gasteiger partial charge in [-0.15, -0.1) is 0 Å². The molecule has 0 fully saturated rings. The normalized spacial score (nSPS) is 11.0. The highest BCUT2D eigenvalue weighted by Crippen LogP contribution is 2.21. The van der Waals surface area contributed by atoms with Crippen LogP contribution in [0, 0.1) is 6.92 Å². The number of fused-ring (bicyclic) bond motifs is 1. The summed E-state index contributed by atoms with van der Waals surface area (Å²) in [6, 6.07) is 7.98. The van der Waals surface area contributed by atoms with Crippen molar-refractivity contribution in [3.8, 4) is 0 Å². The highest BCUT2D eigenvalue weighted by atomic mass is 16.2. The molecular weight excluding hydrogens is 382 g/mol. The number of aryl methyl sites for hydroxylation is 3. The van der Waals surface area contributed by atoms with Crippen molar-refractivity contribution in [2.75, 3.05) is 10.6 Å². The van der Waals surface area contributed by atoms with E-state index in [2.05, 4.69) is 25.8 Å². The smallest absolute Gasteiger partial charge is 0.276 e. The Labute approximate surface area is 173 Å². The van der Waals surface area contributed by atoms with Crippen LogP contribution in [0.4, 0.5) is 11.4 Å². The van der Waals surface area contributed by atoms with Crippen LogP contribution in [0.5, 0.6) is 0 Å². The second kappa shape index (κ2) is 7.86. The monoisotopic (exact) mass is 405 g/mol. The van der Waals surface area contributed by atoms with Crippen molar-refractivity contribution in [3.63, 3.8) is 0 Å². The molecule has 3 heterocycles. The average molecular weight is 405 g/mol. The van der Waals surface area contributed by atoms with Crippen LogP contribution < -0.4 is 10.6 Å². The van der Waals surface area contributed by atoms with E-state index >= 15 is 0 Å². The number of H-pyrrole nitrogens is 1. The summed E-state index contributed by atoms with van der Waals surface area (Å²) in [4.78, 5) is 28.5. The number of hydrogen-bond donors (Lipinski definition) is 3. The number of anilines is 2. The maximum atomic E-state index is 12.8. The molecule has 9 nitrogen and oxygen atoms in total. The number of benzene rings is 1. The molecule has 0 atom stereocenters. The molecule has 0 radical (unpaired) electrons. The Hall–Kier alpha value is -3.88. The first-order valence-electron chi connectivity index (χ1n) is 9.61. The fourth-order valence-electron chi connectivity index (χ4n) is 3.40. The lowest BCUT2D eigenvalue weighted by Gasteiger charge is -2.09. The molecule has 2 amide bonds. The first kappa shape index (κ1) is 19.4. The van der Waals surface area contributed by atoms with Crippen LogP contribution in [0.1, 0.15) is 28.2 Å². The number of nitrogens with one attached hydrogen (secondary N) is 3. The molecule has 0 aliphatic carbocycles. The van der Waals surface area contributed by atoms with E-state index in [1.165, 1.54) is 10.9 Å². The second-order valence-corrected chi connectivity index (χ2v) is 7.16. The molecule has 1 aromatic carbocycles. The summed E-state index contributed by atoms with van der Waals surface area (Å²) in [6.45, 7) is 1.86. The Bertz CT molecular complexity index is 1230. The Kier molecular flexibility index (Phi) is 5.09. The SMILES string of the molecule is Cc1c(NC(=O)c2c(NC(=O)CCc3c[nH]c4ccccc34)cnn2C)cnn1C. The topological polar surface area (TPSA) is 110 Å². The Morgan fingerprint density at radius 1 is 1.03 bits per heavy atom. The van der Waals surface area contributed by atoms with E-state index in [1.807, 2.05) is 37.4 Å². The van der Waals surface area contributed by atoms with E-state index in [0.29, 0.717) is 24.2 Å². The lowest BCUT2D eigenvalue weighted by molar-refractivity contribution is -0.116. The van der Waals surface area contributed by atoms with E-state index in [0.717, 1.165) is 22.2 Å². The summed E-state index contributed by atoms with van der Waals surface area (Å²) in [7, 11) is 3.46. The summed E-state index contributed by atoms with van der Waals surface area (Å²) in [5, 5.41) is 15.0. The predicted octanol–water partition coefficient (Wildman–Crippen LogP) is 2.77. The number of aromatic amines is 1. The molecule has 0 bridgehead atoms. The summed E-state index contributed by atoms with van der Waals surface area (Å²) < 4.78 is 3.11. The quantitative estimate of drug-likeness (QED) is 0.458. The number of nitrogens with zero attached hydrogens (tertiary/aromatic N) is 4. The third kappa shape index (κ3) is 3.69. The van der Waals surface area contributed by atoms with Gasteiger partial charge in [0.25, 0.3) is 5.91 Å². The van der Waals surface area contributed by atoms with Crippen LogP contribution in [-0.2, 0) is 25.3 Å². The van der Waals surface area contributed by atoms with Crippen LogP contribution in [0.25, 0.3) is 10.9 Å². The van der Waals surface area contributed by atoms with Gasteiger partial charge in [-0.05, 0) is 25.0 Å². The van der Waals surface area contributed by atoms with Gasteiger partial charge in [0.15, 0.2) is 0 Å². The van der Waals surface area contributed by atoms with Crippen molar-refractivity contribution in [2.24, 2.45) is 14.1 Å². The van der Waals surface area contributed by atoms with Gasteiger partial charge in [0, 0.05) is 37.6 Å². The molecule has 4 aromatic rings. The van der Waals surface area contributed by atoms with Crippen LogP contribution >= 0.6 is 0 Å². The summed E-state index contributed by atoms with van der Waals surface area (Å²) in [6.07, 6.45) is 5.88. The van der Waals surface area contributed by atoms with Gasteiger partial charge in [-0.3, -0.25) is 19.0 Å². The molecule has 9 heteroatoms. The first-order valence-corrected chi connectivity index (χ1v) is 9.61. The van der Waals surface area contributed by atoms with Crippen molar-refractivity contribution in [2.45, 2.75) is 19.8 Å². The summed E-state index contributed by atoms with van der Waals surface area (Å²) >= 11 is 0. The van der Waals surface area contributed by atoms with E-state index in [-0.39, 0.29) is 17.5 Å². The fourth-order valence-corrected chi connectivity index (χ4v) is 3.40. The third-order valence-corrected chi connectivity index (χ3v) is 5.21. The van der Waals surface area contributed by atoms with Gasteiger partial charge in [0.1, 0.15) is 5.69 Å². The standard InChI is InChI=1S/C21H23N7O2/c1-13-17(11-23-27(13)2)26-21(30)20-18(12-24-28(20)3)25-19(29)9-8-14-10-22-16-7-5-4-6-15(14)16/h4-7,10-12,22H,8-9H2,1-3H3,(H,25,29)(H,26,30). The number of para-hydroxylation sites is 1. The van der Waals surface area contributed by atoms with Gasteiger partial charge in [0.2, 0.25) is 5.91 Å². The van der Waals surface area contributed by atoms with Crippen molar-refractivity contribution < 1.29 is 9.59 Å². The third-order valence-electron chi connectivity index (χ3n) is 5.21. The van der Waals surface area contributed by atoms with Crippen molar-refractivity contribution >= 4 is 34.1 Å². The average Bonchev–Trinajstić information content (AvgIpc) is 3.40. The van der Waals surface area contributed by atoms with Gasteiger partial charge in [-0.2, -0.15) is 10.2 Å². The Morgan fingerprint density at radius 3 is 2.53 bits per heavy atom. The van der Waals surface area contributed by atoms with Crippen LogP contribution in [0.2, 0.25) is 0 Å². The van der Waals surface area contributed by atoms with Gasteiger partial charge < -0.3 is 15.6 Å². The number of carbonyl (C=O) groups excluding carboxylic acids is 2. The second-order valence-electron chi connectivity index (χ2n) is 7.16. The van der Waals surface area contributed by atoms with Crippen molar-refractivity contribution in [1.82, 2.24) is 24.5 Å². The van der Waals surface area contributed by atoms with Gasteiger partial charge in [-0.1, -0.05) is 18.2 Å². The predicted molar refractivity (Wildman–Crippen MR) is 114 cm³/mol. The lowest BCUT2D eigenvalue weighted by Crippen LogP contribution is -2.20. The molecule has 0 spiro atoms. The maximum absolute atomic E-state index is 12.8. The van der Waals surface area contributed by atoms with Crippen LogP contribution in [0.15, 0.2) is 42.9 Å². The number of hydrogen-bond acceptors (Lipinski definition) is 4. The van der Waals surface area contributed by atoms with E-state index in [1.54, 1.807) is 25.0 Å². The van der Waals surface area contributed by atoms with Crippen molar-refractivity contribution in [1.29, 1.82) is 0 Å². The molecule has 0 aliphatic rings. The molecule has 3 aromatic heterocycles. The molecule has 4 rings (SSSR count). The minimum atomic E-state index is -0.363. The fraction of sp³-hybridized carbons (Fsp3) is 0.238. The summed E-state index contributed by atoms with van der Waals surface area (Å²) in [5.41, 5.74) is 4.22. The minimum Gasteiger partial charge on any atom is -0.361 e. The van der Waals surface area contributed by atoms with Gasteiger partial charge in [0.05, 0.1) is 29.5 Å². The van der Waals surface area contributed by atoms with E-state index in [9.17, 15) is 9.59 Å².